The molecule has 1 saturated heterocycles. The van der Waals surface area contributed by atoms with Crippen LogP contribution in [0.4, 0.5) is 0 Å². The summed E-state index contributed by atoms with van der Waals surface area (Å²) in [6.45, 7) is 3.82. The predicted molar refractivity (Wildman–Crippen MR) is 63.8 cm³/mol. The van der Waals surface area contributed by atoms with E-state index in [0.29, 0.717) is 5.54 Å². The Labute approximate surface area is 92.8 Å². The van der Waals surface area contributed by atoms with Gasteiger partial charge in [0, 0.05) is 18.1 Å². The Hall–Kier alpha value is -0.560. The van der Waals surface area contributed by atoms with Crippen LogP contribution in [0.15, 0.2) is 24.3 Å². The molecule has 0 radical (unpaired) electrons. The van der Waals surface area contributed by atoms with Crippen molar-refractivity contribution in [1.82, 2.24) is 4.90 Å². The summed E-state index contributed by atoms with van der Waals surface area (Å²) in [4.78, 5) is 2.78. The van der Waals surface area contributed by atoms with Crippen LogP contribution in [-0.2, 0) is 0 Å². The van der Waals surface area contributed by atoms with Gasteiger partial charge in [0.25, 0.3) is 0 Å². The highest BCUT2D eigenvalue weighted by molar-refractivity contribution is 5.18. The number of hydrogen-bond acceptors (Lipinski definition) is 1. The van der Waals surface area contributed by atoms with E-state index in [9.17, 15) is 0 Å². The summed E-state index contributed by atoms with van der Waals surface area (Å²) in [6, 6.07) is 0.919. The Bertz CT molecular complexity index is 300. The third kappa shape index (κ3) is 1.40. The fourth-order valence-electron chi connectivity index (χ4n) is 3.33. The van der Waals surface area contributed by atoms with Crippen LogP contribution in [0.5, 0.6) is 0 Å². The monoisotopic (exact) mass is 203 g/mol. The molecule has 1 heterocycles. The van der Waals surface area contributed by atoms with E-state index < -0.39 is 0 Å². The lowest BCUT2D eigenvalue weighted by Crippen LogP contribution is -2.66. The molecule has 0 aromatic heterocycles. The van der Waals surface area contributed by atoms with Crippen LogP contribution in [0.2, 0.25) is 0 Å². The first-order valence-corrected chi connectivity index (χ1v) is 6.41. The van der Waals surface area contributed by atoms with Crippen molar-refractivity contribution in [2.75, 3.05) is 6.54 Å². The molecule has 15 heavy (non-hydrogen) atoms. The zero-order valence-electron chi connectivity index (χ0n) is 9.65. The first-order valence-electron chi connectivity index (χ1n) is 6.41. The van der Waals surface area contributed by atoms with Gasteiger partial charge in [-0.1, -0.05) is 30.7 Å². The topological polar surface area (TPSA) is 3.24 Å². The minimum atomic E-state index is 0.479. The van der Waals surface area contributed by atoms with E-state index in [2.05, 4.69) is 36.1 Å². The first-order chi connectivity index (χ1) is 7.31. The van der Waals surface area contributed by atoms with Gasteiger partial charge < -0.3 is 0 Å². The average Bonchev–Trinajstić information content (AvgIpc) is 2.22. The fourth-order valence-corrected chi connectivity index (χ4v) is 3.33. The third-order valence-corrected chi connectivity index (χ3v) is 4.81. The van der Waals surface area contributed by atoms with Gasteiger partial charge in [0.15, 0.2) is 0 Å². The molecule has 1 heteroatoms. The van der Waals surface area contributed by atoms with Crippen molar-refractivity contribution in [3.8, 4) is 0 Å². The molecule has 1 nitrogen and oxygen atoms in total. The minimum Gasteiger partial charge on any atom is -0.294 e. The fraction of sp³-hybridized carbons (Fsp3) is 0.714. The van der Waals surface area contributed by atoms with Gasteiger partial charge in [0.1, 0.15) is 0 Å². The van der Waals surface area contributed by atoms with Gasteiger partial charge in [0.2, 0.25) is 0 Å². The van der Waals surface area contributed by atoms with E-state index >= 15 is 0 Å². The van der Waals surface area contributed by atoms with Crippen molar-refractivity contribution in [2.24, 2.45) is 5.92 Å². The van der Waals surface area contributed by atoms with Crippen LogP contribution in [-0.4, -0.2) is 23.0 Å². The molecule has 1 aliphatic heterocycles. The summed E-state index contributed by atoms with van der Waals surface area (Å²) >= 11 is 0. The summed E-state index contributed by atoms with van der Waals surface area (Å²) in [5.74, 6) is 0.761. The number of rotatable bonds is 2. The number of hydrogen-bond donors (Lipinski definition) is 0. The van der Waals surface area contributed by atoms with Gasteiger partial charge in [0.05, 0.1) is 0 Å². The molecule has 2 fully saturated rings. The maximum absolute atomic E-state index is 2.78. The van der Waals surface area contributed by atoms with Crippen molar-refractivity contribution in [3.05, 3.63) is 24.3 Å². The molecule has 0 aromatic carbocycles. The number of likely N-dealkylation sites (tertiary alicyclic amines) is 1. The van der Waals surface area contributed by atoms with E-state index in [-0.39, 0.29) is 0 Å². The number of nitrogens with zero attached hydrogens (tertiary/aromatic N) is 1. The van der Waals surface area contributed by atoms with Crippen LogP contribution in [0, 0.1) is 5.92 Å². The molecule has 1 saturated carbocycles. The zero-order chi connectivity index (χ0) is 10.3. The SMILES string of the molecule is CC1(C2C=CC=CC2)CCN1C1CCC1. The molecule has 82 valence electrons. The molecular weight excluding hydrogens is 182 g/mol. The predicted octanol–water partition coefficient (Wildman–Crippen LogP) is 3.14. The third-order valence-electron chi connectivity index (χ3n) is 4.81. The molecule has 2 atom stereocenters. The van der Waals surface area contributed by atoms with Gasteiger partial charge in [-0.3, -0.25) is 4.90 Å². The number of allylic oxidation sites excluding steroid dienone is 3. The van der Waals surface area contributed by atoms with E-state index in [0.717, 1.165) is 12.0 Å². The average molecular weight is 203 g/mol. The first kappa shape index (κ1) is 9.65. The second kappa shape index (κ2) is 3.48. The highest BCUT2D eigenvalue weighted by Gasteiger charge is 2.49. The van der Waals surface area contributed by atoms with Crippen LogP contribution in [0.25, 0.3) is 0 Å². The van der Waals surface area contributed by atoms with E-state index in [1.165, 1.54) is 38.6 Å². The van der Waals surface area contributed by atoms with Crippen LogP contribution >= 0.6 is 0 Å². The maximum atomic E-state index is 2.78. The smallest absolute Gasteiger partial charge is 0.0262 e. The van der Waals surface area contributed by atoms with Crippen molar-refractivity contribution < 1.29 is 0 Å². The summed E-state index contributed by atoms with van der Waals surface area (Å²) < 4.78 is 0. The molecule has 0 aromatic rings. The van der Waals surface area contributed by atoms with Gasteiger partial charge in [-0.2, -0.15) is 0 Å². The Morgan fingerprint density at radius 2 is 2.13 bits per heavy atom. The van der Waals surface area contributed by atoms with E-state index in [4.69, 9.17) is 0 Å². The van der Waals surface area contributed by atoms with Gasteiger partial charge in [-0.05, 0) is 38.5 Å². The van der Waals surface area contributed by atoms with Gasteiger partial charge in [-0.25, -0.2) is 0 Å². The largest absolute Gasteiger partial charge is 0.294 e. The lowest BCUT2D eigenvalue weighted by atomic mass is 9.70. The molecule has 0 N–H and O–H groups in total. The Morgan fingerprint density at radius 3 is 2.60 bits per heavy atom. The van der Waals surface area contributed by atoms with Crippen LogP contribution < -0.4 is 0 Å². The van der Waals surface area contributed by atoms with Crippen molar-refractivity contribution >= 4 is 0 Å². The second-order valence-electron chi connectivity index (χ2n) is 5.54. The molecule has 2 unspecified atom stereocenters. The lowest BCUT2D eigenvalue weighted by Gasteiger charge is -2.60. The van der Waals surface area contributed by atoms with Crippen molar-refractivity contribution in [2.45, 2.75) is 50.6 Å². The molecule has 3 rings (SSSR count). The summed E-state index contributed by atoms with van der Waals surface area (Å²) in [6.07, 6.45) is 16.2. The van der Waals surface area contributed by atoms with Gasteiger partial charge >= 0.3 is 0 Å². The van der Waals surface area contributed by atoms with Crippen LogP contribution in [0.3, 0.4) is 0 Å². The lowest BCUT2D eigenvalue weighted by molar-refractivity contribution is -0.0862. The normalized spacial score (nSPS) is 41.3. The van der Waals surface area contributed by atoms with E-state index in [1.54, 1.807) is 0 Å². The highest BCUT2D eigenvalue weighted by atomic mass is 15.3. The maximum Gasteiger partial charge on any atom is 0.0262 e. The second-order valence-corrected chi connectivity index (χ2v) is 5.54. The molecule has 0 amide bonds. The standard InChI is InChI=1S/C14H21N/c1-14(12-6-3-2-4-7-12)10-11-15(14)13-8-5-9-13/h2-4,6,12-13H,5,7-11H2,1H3. The Morgan fingerprint density at radius 1 is 1.27 bits per heavy atom. The summed E-state index contributed by atoms with van der Waals surface area (Å²) in [5, 5.41) is 0. The molecule has 0 spiro atoms. The zero-order valence-corrected chi connectivity index (χ0v) is 9.65. The summed E-state index contributed by atoms with van der Waals surface area (Å²) in [7, 11) is 0. The highest BCUT2D eigenvalue weighted by Crippen LogP contribution is 2.45. The molecule has 3 aliphatic rings. The molecule has 0 bridgehead atoms. The Balaban J connectivity index is 1.72. The molecule has 2 aliphatic carbocycles. The quantitative estimate of drug-likeness (QED) is 0.666. The summed E-state index contributed by atoms with van der Waals surface area (Å²) in [5.41, 5.74) is 0.479. The van der Waals surface area contributed by atoms with Crippen molar-refractivity contribution in [3.63, 3.8) is 0 Å². The van der Waals surface area contributed by atoms with E-state index in [1.807, 2.05) is 0 Å². The minimum absolute atomic E-state index is 0.479. The van der Waals surface area contributed by atoms with Crippen molar-refractivity contribution in [1.29, 1.82) is 0 Å². The van der Waals surface area contributed by atoms with Crippen LogP contribution in [0.1, 0.15) is 39.0 Å². The Kier molecular flexibility index (Phi) is 2.24. The molecular formula is C14H21N. The van der Waals surface area contributed by atoms with Gasteiger partial charge in [-0.15, -0.1) is 0 Å².